The number of β-amino-alcohol motifs (C(OH)–C–C–N with tert-alkyl or cyclic N) is 1. The van der Waals surface area contributed by atoms with E-state index in [0.717, 1.165) is 37.2 Å². The second-order valence-electron chi connectivity index (χ2n) is 7.48. The molecule has 2 aliphatic rings. The van der Waals surface area contributed by atoms with Gasteiger partial charge in [-0.2, -0.15) is 5.10 Å². The van der Waals surface area contributed by atoms with Crippen molar-refractivity contribution < 1.29 is 14.6 Å². The number of nitrogens with zero attached hydrogens (tertiary/aromatic N) is 4. The van der Waals surface area contributed by atoms with E-state index in [0.29, 0.717) is 19.7 Å². The van der Waals surface area contributed by atoms with Crippen LogP contribution in [0.15, 0.2) is 10.9 Å². The van der Waals surface area contributed by atoms with Gasteiger partial charge < -0.3 is 19.6 Å². The SMILES string of the molecule is Cc1cc(=O)n(CC(=O)N2CCOC[C@](O)(CN3CCCC3)C2)nc1C. The first-order valence-corrected chi connectivity index (χ1v) is 9.22. The maximum Gasteiger partial charge on any atom is 0.267 e. The van der Waals surface area contributed by atoms with Crippen molar-refractivity contribution in [1.29, 1.82) is 0 Å². The van der Waals surface area contributed by atoms with Crippen molar-refractivity contribution in [3.8, 4) is 0 Å². The van der Waals surface area contributed by atoms with E-state index >= 15 is 0 Å². The highest BCUT2D eigenvalue weighted by Gasteiger charge is 2.36. The number of aryl methyl sites for hydroxylation is 2. The monoisotopic (exact) mass is 364 g/mol. The van der Waals surface area contributed by atoms with Crippen LogP contribution in [0, 0.1) is 13.8 Å². The number of carbonyl (C=O) groups is 1. The summed E-state index contributed by atoms with van der Waals surface area (Å²) in [4.78, 5) is 28.6. The topological polar surface area (TPSA) is 87.9 Å². The van der Waals surface area contributed by atoms with Crippen LogP contribution in [-0.2, 0) is 16.1 Å². The average molecular weight is 364 g/mol. The zero-order valence-corrected chi connectivity index (χ0v) is 15.6. The van der Waals surface area contributed by atoms with Gasteiger partial charge >= 0.3 is 0 Å². The van der Waals surface area contributed by atoms with Crippen LogP contribution in [0.3, 0.4) is 0 Å². The van der Waals surface area contributed by atoms with Crippen molar-refractivity contribution >= 4 is 5.91 Å². The molecule has 8 nitrogen and oxygen atoms in total. The van der Waals surface area contributed by atoms with Crippen molar-refractivity contribution in [2.75, 3.05) is 45.9 Å². The lowest BCUT2D eigenvalue weighted by Gasteiger charge is -2.34. The summed E-state index contributed by atoms with van der Waals surface area (Å²) < 4.78 is 6.75. The lowest BCUT2D eigenvalue weighted by Crippen LogP contribution is -2.53. The predicted molar refractivity (Wildman–Crippen MR) is 96.0 cm³/mol. The van der Waals surface area contributed by atoms with E-state index in [-0.39, 0.29) is 31.2 Å². The molecule has 2 fully saturated rings. The van der Waals surface area contributed by atoms with Gasteiger partial charge in [-0.3, -0.25) is 9.59 Å². The minimum absolute atomic E-state index is 0.125. The molecule has 0 radical (unpaired) electrons. The molecule has 3 heterocycles. The predicted octanol–water partition coefficient (Wildman–Crippen LogP) is -0.454. The number of aromatic nitrogens is 2. The molecule has 1 N–H and O–H groups in total. The summed E-state index contributed by atoms with van der Waals surface area (Å²) in [5, 5.41) is 15.2. The molecule has 0 bridgehead atoms. The maximum absolute atomic E-state index is 12.7. The van der Waals surface area contributed by atoms with Crippen LogP contribution in [0.5, 0.6) is 0 Å². The minimum atomic E-state index is -1.09. The van der Waals surface area contributed by atoms with Gasteiger partial charge in [0.15, 0.2) is 0 Å². The first kappa shape index (κ1) is 19.0. The second-order valence-corrected chi connectivity index (χ2v) is 7.48. The zero-order chi connectivity index (χ0) is 18.7. The number of hydrogen-bond donors (Lipinski definition) is 1. The van der Waals surface area contributed by atoms with Crippen LogP contribution < -0.4 is 5.56 Å². The third kappa shape index (κ3) is 4.49. The fraction of sp³-hybridized carbons (Fsp3) is 0.722. The van der Waals surface area contributed by atoms with Gasteiger partial charge in [-0.1, -0.05) is 0 Å². The molecule has 0 aliphatic carbocycles. The van der Waals surface area contributed by atoms with E-state index < -0.39 is 5.60 Å². The highest BCUT2D eigenvalue weighted by Crippen LogP contribution is 2.18. The molecule has 0 saturated carbocycles. The summed E-state index contributed by atoms with van der Waals surface area (Å²) in [5.41, 5.74) is 0.154. The normalized spacial score (nSPS) is 24.7. The standard InChI is InChI=1S/C18H28N4O4/c1-14-9-16(23)22(19-15(14)2)10-17(24)21-7-8-26-13-18(25,12-21)11-20-5-3-4-6-20/h9,25H,3-8,10-13H2,1-2H3/t18-/m0/s1. The average Bonchev–Trinajstić information content (AvgIpc) is 2.99. The summed E-state index contributed by atoms with van der Waals surface area (Å²) in [6.45, 7) is 7.15. The van der Waals surface area contributed by atoms with Gasteiger partial charge in [-0.05, 0) is 45.3 Å². The summed E-state index contributed by atoms with van der Waals surface area (Å²) in [6.07, 6.45) is 2.28. The van der Waals surface area contributed by atoms with Gasteiger partial charge in [0.05, 0.1) is 25.5 Å². The van der Waals surface area contributed by atoms with E-state index in [1.165, 1.54) is 10.7 Å². The number of aliphatic hydroxyl groups is 1. The van der Waals surface area contributed by atoms with Crippen molar-refractivity contribution in [2.45, 2.75) is 38.8 Å². The van der Waals surface area contributed by atoms with Crippen LogP contribution in [0.25, 0.3) is 0 Å². The first-order chi connectivity index (χ1) is 12.4. The fourth-order valence-electron chi connectivity index (χ4n) is 3.60. The Bertz CT molecular complexity index is 714. The van der Waals surface area contributed by atoms with Crippen molar-refractivity contribution in [3.63, 3.8) is 0 Å². The van der Waals surface area contributed by atoms with Crippen molar-refractivity contribution in [1.82, 2.24) is 19.6 Å². The Morgan fingerprint density at radius 3 is 2.77 bits per heavy atom. The van der Waals surface area contributed by atoms with Crippen LogP contribution in [-0.4, -0.2) is 82.1 Å². The van der Waals surface area contributed by atoms with E-state index in [9.17, 15) is 14.7 Å². The summed E-state index contributed by atoms with van der Waals surface area (Å²) in [6, 6.07) is 1.49. The second kappa shape index (κ2) is 7.85. The number of rotatable bonds is 4. The van der Waals surface area contributed by atoms with Gasteiger partial charge in [0.25, 0.3) is 5.56 Å². The Labute approximate surface area is 153 Å². The van der Waals surface area contributed by atoms with E-state index in [1.54, 1.807) is 4.90 Å². The zero-order valence-electron chi connectivity index (χ0n) is 15.6. The lowest BCUT2D eigenvalue weighted by atomic mass is 10.0. The minimum Gasteiger partial charge on any atom is -0.384 e. The molecular formula is C18H28N4O4. The Morgan fingerprint density at radius 1 is 1.31 bits per heavy atom. The Balaban J connectivity index is 1.69. The van der Waals surface area contributed by atoms with Gasteiger partial charge in [0, 0.05) is 19.2 Å². The molecule has 26 heavy (non-hydrogen) atoms. The van der Waals surface area contributed by atoms with E-state index in [2.05, 4.69) is 10.00 Å². The highest BCUT2D eigenvalue weighted by molar-refractivity contribution is 5.76. The van der Waals surface area contributed by atoms with Crippen molar-refractivity contribution in [3.05, 3.63) is 27.7 Å². The number of ether oxygens (including phenoxy) is 1. The summed E-state index contributed by atoms with van der Waals surface area (Å²) >= 11 is 0. The number of hydrogen-bond acceptors (Lipinski definition) is 6. The molecular weight excluding hydrogens is 336 g/mol. The fourth-order valence-corrected chi connectivity index (χ4v) is 3.60. The first-order valence-electron chi connectivity index (χ1n) is 9.22. The number of likely N-dealkylation sites (tertiary alicyclic amines) is 1. The molecule has 1 atom stereocenters. The molecule has 1 aromatic rings. The maximum atomic E-state index is 12.7. The molecule has 1 aromatic heterocycles. The van der Waals surface area contributed by atoms with Crippen LogP contribution >= 0.6 is 0 Å². The molecule has 0 aromatic carbocycles. The van der Waals surface area contributed by atoms with Gasteiger partial charge in [-0.15, -0.1) is 0 Å². The Kier molecular flexibility index (Phi) is 5.74. The molecule has 8 heteroatoms. The quantitative estimate of drug-likeness (QED) is 0.778. The summed E-state index contributed by atoms with van der Waals surface area (Å²) in [7, 11) is 0. The molecule has 2 aliphatic heterocycles. The summed E-state index contributed by atoms with van der Waals surface area (Å²) in [5.74, 6) is -0.229. The highest BCUT2D eigenvalue weighted by atomic mass is 16.5. The number of carbonyl (C=O) groups excluding carboxylic acids is 1. The van der Waals surface area contributed by atoms with E-state index in [1.807, 2.05) is 13.8 Å². The largest absolute Gasteiger partial charge is 0.384 e. The molecule has 144 valence electrons. The van der Waals surface area contributed by atoms with Crippen LogP contribution in [0.2, 0.25) is 0 Å². The Hall–Kier alpha value is -1.77. The molecule has 1 amide bonds. The van der Waals surface area contributed by atoms with Crippen molar-refractivity contribution in [2.24, 2.45) is 0 Å². The Morgan fingerprint density at radius 2 is 2.04 bits per heavy atom. The molecule has 3 rings (SSSR count). The molecule has 0 unspecified atom stereocenters. The van der Waals surface area contributed by atoms with Crippen LogP contribution in [0.4, 0.5) is 0 Å². The lowest BCUT2D eigenvalue weighted by molar-refractivity contribution is -0.135. The number of amides is 1. The smallest absolute Gasteiger partial charge is 0.267 e. The van der Waals surface area contributed by atoms with Gasteiger partial charge in [0.2, 0.25) is 5.91 Å². The van der Waals surface area contributed by atoms with Gasteiger partial charge in [-0.25, -0.2) is 4.68 Å². The molecule has 0 spiro atoms. The third-order valence-electron chi connectivity index (χ3n) is 5.15. The van der Waals surface area contributed by atoms with Gasteiger partial charge in [0.1, 0.15) is 12.1 Å². The third-order valence-corrected chi connectivity index (χ3v) is 5.15. The van der Waals surface area contributed by atoms with Crippen LogP contribution in [0.1, 0.15) is 24.1 Å². The molecule has 2 saturated heterocycles. The van der Waals surface area contributed by atoms with E-state index in [4.69, 9.17) is 4.74 Å².